The minimum Gasteiger partial charge on any atom is -0.441 e. The Hall–Kier alpha value is -3.03. The molecule has 0 unspecified atom stereocenters. The fraction of sp³-hybridized carbons (Fsp3) is 0.190. The van der Waals surface area contributed by atoms with E-state index in [-0.39, 0.29) is 0 Å². The van der Waals surface area contributed by atoms with Gasteiger partial charge in [-0.3, -0.25) is 0 Å². The summed E-state index contributed by atoms with van der Waals surface area (Å²) in [5.41, 5.74) is 1.49. The molecule has 25 heavy (non-hydrogen) atoms. The first-order valence-electron chi connectivity index (χ1n) is 8.37. The molecule has 1 saturated heterocycles. The Balaban J connectivity index is 1.63. The highest BCUT2D eigenvalue weighted by Crippen LogP contribution is 2.26. The average Bonchev–Trinajstić information content (AvgIpc) is 3.15. The van der Waals surface area contributed by atoms with Crippen LogP contribution in [0, 0.1) is 11.3 Å². The van der Waals surface area contributed by atoms with Crippen LogP contribution in [0.15, 0.2) is 59.0 Å². The lowest BCUT2D eigenvalue weighted by Crippen LogP contribution is -2.35. The van der Waals surface area contributed by atoms with Gasteiger partial charge in [-0.2, -0.15) is 5.26 Å². The zero-order valence-corrected chi connectivity index (χ0v) is 13.8. The molecule has 1 aliphatic rings. The van der Waals surface area contributed by atoms with Crippen LogP contribution in [0.25, 0.3) is 22.4 Å². The molecule has 0 N–H and O–H groups in total. The van der Waals surface area contributed by atoms with Crippen LogP contribution in [-0.4, -0.2) is 26.3 Å². The summed E-state index contributed by atoms with van der Waals surface area (Å²) < 4.78 is 11.3. The number of allylic oxidation sites excluding steroid dienone is 1. The maximum absolute atomic E-state index is 9.58. The molecule has 2 heterocycles. The summed E-state index contributed by atoms with van der Waals surface area (Å²) in [5, 5.41) is 11.9. The van der Waals surface area contributed by atoms with Crippen molar-refractivity contribution in [3.05, 3.63) is 65.9 Å². The number of ether oxygens (including phenoxy) is 1. The van der Waals surface area contributed by atoms with E-state index in [9.17, 15) is 5.26 Å². The number of furan rings is 1. The van der Waals surface area contributed by atoms with Crippen LogP contribution in [0.4, 0.5) is 5.88 Å². The molecule has 0 radical (unpaired) electrons. The molecule has 0 bridgehead atoms. The number of nitrogens with zero attached hydrogens (tertiary/aromatic N) is 2. The lowest BCUT2D eigenvalue weighted by atomic mass is 10.0. The second-order valence-corrected chi connectivity index (χ2v) is 6.01. The van der Waals surface area contributed by atoms with Gasteiger partial charge in [-0.05, 0) is 34.5 Å². The van der Waals surface area contributed by atoms with Crippen molar-refractivity contribution in [2.75, 3.05) is 31.2 Å². The summed E-state index contributed by atoms with van der Waals surface area (Å²) in [5.74, 6) is 1.51. The Morgan fingerprint density at radius 2 is 1.80 bits per heavy atom. The molecule has 124 valence electrons. The number of nitriles is 1. The van der Waals surface area contributed by atoms with Crippen molar-refractivity contribution < 1.29 is 9.15 Å². The monoisotopic (exact) mass is 330 g/mol. The molecule has 0 aliphatic carbocycles. The number of anilines is 1. The van der Waals surface area contributed by atoms with Gasteiger partial charge < -0.3 is 14.1 Å². The van der Waals surface area contributed by atoms with E-state index in [1.54, 1.807) is 6.08 Å². The fourth-order valence-corrected chi connectivity index (χ4v) is 3.05. The van der Waals surface area contributed by atoms with Crippen LogP contribution < -0.4 is 4.90 Å². The van der Waals surface area contributed by atoms with Gasteiger partial charge in [0.2, 0.25) is 0 Å². The summed E-state index contributed by atoms with van der Waals surface area (Å²) in [6.07, 6.45) is 1.80. The number of hydrogen-bond donors (Lipinski definition) is 0. The number of rotatable bonds is 3. The minimum atomic E-state index is 0.591. The summed E-state index contributed by atoms with van der Waals surface area (Å²) >= 11 is 0. The predicted molar refractivity (Wildman–Crippen MR) is 99.2 cm³/mol. The standard InChI is InChI=1S/C21H18N2O2/c22-15-19(18-6-5-16-3-1-2-4-17(16)13-18)14-20-7-8-21(25-20)23-9-11-24-12-10-23/h1-8,13-14H,9-12H2. The average molecular weight is 330 g/mol. The quantitative estimate of drug-likeness (QED) is 0.671. The molecule has 0 spiro atoms. The van der Waals surface area contributed by atoms with Gasteiger partial charge in [0.1, 0.15) is 5.76 Å². The highest BCUT2D eigenvalue weighted by Gasteiger charge is 2.14. The largest absolute Gasteiger partial charge is 0.441 e. The van der Waals surface area contributed by atoms with Crippen molar-refractivity contribution in [2.24, 2.45) is 0 Å². The summed E-state index contributed by atoms with van der Waals surface area (Å²) in [6.45, 7) is 3.08. The zero-order chi connectivity index (χ0) is 17.1. The van der Waals surface area contributed by atoms with Crippen LogP contribution in [0.3, 0.4) is 0 Å². The third kappa shape index (κ3) is 3.28. The molecule has 0 amide bonds. The highest BCUT2D eigenvalue weighted by molar-refractivity contribution is 5.93. The van der Waals surface area contributed by atoms with E-state index in [0.717, 1.165) is 35.3 Å². The van der Waals surface area contributed by atoms with Gasteiger partial charge in [0.15, 0.2) is 5.88 Å². The van der Waals surface area contributed by atoms with Gasteiger partial charge >= 0.3 is 0 Å². The van der Waals surface area contributed by atoms with Crippen molar-refractivity contribution in [3.8, 4) is 6.07 Å². The fourth-order valence-electron chi connectivity index (χ4n) is 3.05. The van der Waals surface area contributed by atoms with Gasteiger partial charge in [0.25, 0.3) is 0 Å². The molecule has 1 fully saturated rings. The minimum absolute atomic E-state index is 0.591. The summed E-state index contributed by atoms with van der Waals surface area (Å²) in [4.78, 5) is 2.16. The van der Waals surface area contributed by atoms with Crippen molar-refractivity contribution in [1.82, 2.24) is 0 Å². The molecule has 4 nitrogen and oxygen atoms in total. The van der Waals surface area contributed by atoms with E-state index in [4.69, 9.17) is 9.15 Å². The lowest BCUT2D eigenvalue weighted by Gasteiger charge is -2.26. The van der Waals surface area contributed by atoms with Gasteiger partial charge in [-0.15, -0.1) is 0 Å². The molecule has 2 aromatic carbocycles. The van der Waals surface area contributed by atoms with E-state index in [2.05, 4.69) is 23.1 Å². The van der Waals surface area contributed by atoms with E-state index in [0.29, 0.717) is 24.5 Å². The molecule has 0 saturated carbocycles. The molecule has 4 heteroatoms. The summed E-state index contributed by atoms with van der Waals surface area (Å²) in [6, 6.07) is 20.3. The molecule has 3 aromatic rings. The lowest BCUT2D eigenvalue weighted by molar-refractivity contribution is 0.120. The molecular formula is C21H18N2O2. The van der Waals surface area contributed by atoms with E-state index < -0.39 is 0 Å². The predicted octanol–water partition coefficient (Wildman–Crippen LogP) is 4.33. The molecule has 1 aromatic heterocycles. The summed E-state index contributed by atoms with van der Waals surface area (Å²) in [7, 11) is 0. The number of benzene rings is 2. The van der Waals surface area contributed by atoms with Gasteiger partial charge in [-0.1, -0.05) is 36.4 Å². The second-order valence-electron chi connectivity index (χ2n) is 6.01. The Morgan fingerprint density at radius 1 is 1.00 bits per heavy atom. The molecule has 1 aliphatic heterocycles. The van der Waals surface area contributed by atoms with E-state index in [1.807, 2.05) is 42.5 Å². The maximum atomic E-state index is 9.58. The van der Waals surface area contributed by atoms with Crippen LogP contribution in [0.5, 0.6) is 0 Å². The third-order valence-electron chi connectivity index (χ3n) is 4.40. The smallest absolute Gasteiger partial charge is 0.196 e. The Kier molecular flexibility index (Phi) is 4.24. The van der Waals surface area contributed by atoms with Crippen LogP contribution >= 0.6 is 0 Å². The van der Waals surface area contributed by atoms with Crippen molar-refractivity contribution in [3.63, 3.8) is 0 Å². The number of fused-ring (bicyclic) bond motifs is 1. The first kappa shape index (κ1) is 15.5. The first-order chi connectivity index (χ1) is 12.3. The molecular weight excluding hydrogens is 312 g/mol. The van der Waals surface area contributed by atoms with E-state index in [1.165, 1.54) is 0 Å². The van der Waals surface area contributed by atoms with Crippen LogP contribution in [0.2, 0.25) is 0 Å². The topological polar surface area (TPSA) is 49.4 Å². The van der Waals surface area contributed by atoms with Crippen LogP contribution in [0.1, 0.15) is 11.3 Å². The normalized spacial score (nSPS) is 15.3. The van der Waals surface area contributed by atoms with Crippen molar-refractivity contribution in [2.45, 2.75) is 0 Å². The van der Waals surface area contributed by atoms with Gasteiger partial charge in [0.05, 0.1) is 24.9 Å². The van der Waals surface area contributed by atoms with Crippen LogP contribution in [-0.2, 0) is 4.74 Å². The maximum Gasteiger partial charge on any atom is 0.196 e. The Labute approximate surface area is 146 Å². The zero-order valence-electron chi connectivity index (χ0n) is 13.8. The molecule has 0 atom stereocenters. The highest BCUT2D eigenvalue weighted by atomic mass is 16.5. The number of morpholine rings is 1. The second kappa shape index (κ2) is 6.84. The van der Waals surface area contributed by atoms with Gasteiger partial charge in [0, 0.05) is 19.2 Å². The first-order valence-corrected chi connectivity index (χ1v) is 8.37. The molecule has 4 rings (SSSR count). The third-order valence-corrected chi connectivity index (χ3v) is 4.40. The van der Waals surface area contributed by atoms with Gasteiger partial charge in [-0.25, -0.2) is 0 Å². The van der Waals surface area contributed by atoms with E-state index >= 15 is 0 Å². The van der Waals surface area contributed by atoms with Crippen molar-refractivity contribution >= 4 is 28.3 Å². The Bertz CT molecular complexity index is 959. The SMILES string of the molecule is N#CC(=Cc1ccc(N2CCOCC2)o1)c1ccc2ccccc2c1. The Morgan fingerprint density at radius 3 is 2.60 bits per heavy atom. The number of hydrogen-bond acceptors (Lipinski definition) is 4. The van der Waals surface area contributed by atoms with Crippen molar-refractivity contribution in [1.29, 1.82) is 5.26 Å².